The summed E-state index contributed by atoms with van der Waals surface area (Å²) in [5, 5.41) is 8.63. The molecule has 6 N–H and O–H groups in total. The highest BCUT2D eigenvalue weighted by atomic mass is 16.5. The second kappa shape index (κ2) is 14.0. The van der Waals surface area contributed by atoms with Crippen molar-refractivity contribution in [1.29, 1.82) is 0 Å². The number of hydrogen-bond donors (Lipinski definition) is 5. The molecule has 0 aliphatic carbocycles. The summed E-state index contributed by atoms with van der Waals surface area (Å²) >= 11 is 0. The number of nitrogens with zero attached hydrogens (tertiary/aromatic N) is 2. The average molecular weight is 494 g/mol. The summed E-state index contributed by atoms with van der Waals surface area (Å²) in [6.45, 7) is 3.69. The fourth-order valence-corrected chi connectivity index (χ4v) is 3.45. The lowest BCUT2D eigenvalue weighted by Gasteiger charge is -2.14. The normalized spacial score (nSPS) is 10.9. The quantitative estimate of drug-likeness (QED) is 0.231. The van der Waals surface area contributed by atoms with Crippen LogP contribution in [0.4, 0.5) is 16.4 Å². The van der Waals surface area contributed by atoms with E-state index in [1.807, 2.05) is 44.4 Å². The lowest BCUT2D eigenvalue weighted by Crippen LogP contribution is -2.23. The lowest BCUT2D eigenvalue weighted by atomic mass is 10.1. The zero-order valence-electron chi connectivity index (χ0n) is 20.8. The molecule has 0 atom stereocenters. The maximum absolute atomic E-state index is 12.6. The van der Waals surface area contributed by atoms with E-state index in [0.717, 1.165) is 43.6 Å². The molecule has 0 bridgehead atoms. The Morgan fingerprint density at radius 3 is 2.58 bits per heavy atom. The van der Waals surface area contributed by atoms with E-state index in [4.69, 9.17) is 10.5 Å². The number of benzene rings is 2. The first-order chi connectivity index (χ1) is 17.5. The van der Waals surface area contributed by atoms with Crippen molar-refractivity contribution in [3.8, 4) is 16.9 Å². The van der Waals surface area contributed by atoms with Crippen LogP contribution in [-0.4, -0.2) is 61.2 Å². The number of nitrogens with two attached hydrogens (primary N) is 1. The Hall–Kier alpha value is -3.73. The monoisotopic (exact) mass is 493 g/mol. The lowest BCUT2D eigenvalue weighted by molar-refractivity contribution is 0.261. The highest BCUT2D eigenvalue weighted by molar-refractivity contribution is 5.99. The molecule has 0 fully saturated rings. The third kappa shape index (κ3) is 8.49. The fraction of sp³-hybridized carbons (Fsp3) is 0.346. The summed E-state index contributed by atoms with van der Waals surface area (Å²) < 4.78 is 5.81. The van der Waals surface area contributed by atoms with Crippen molar-refractivity contribution in [2.75, 3.05) is 51.0 Å². The van der Waals surface area contributed by atoms with Crippen LogP contribution in [0.1, 0.15) is 18.4 Å². The van der Waals surface area contributed by atoms with Crippen LogP contribution < -0.4 is 32.0 Å². The zero-order chi connectivity index (χ0) is 25.8. The number of aromatic amines is 1. The molecule has 3 aromatic rings. The van der Waals surface area contributed by atoms with Crippen molar-refractivity contribution in [1.82, 2.24) is 20.2 Å². The van der Waals surface area contributed by atoms with Gasteiger partial charge in [0, 0.05) is 19.3 Å². The molecule has 1 heterocycles. The standard InChI is InChI=1S/C26H35N7O3/c1-33(2)15-6-16-36-23-8-4-3-7-22(23)30-26(35)32-25-29-18-21(24(34)31-25)20-11-9-19(10-12-20)17-28-14-5-13-27/h3-4,7-12,18,28H,5-6,13-17,27H2,1-2H3,(H3,29,30,31,32,34,35). The molecule has 2 amide bonds. The maximum atomic E-state index is 12.6. The van der Waals surface area contributed by atoms with E-state index in [2.05, 4.69) is 30.8 Å². The predicted molar refractivity (Wildman–Crippen MR) is 143 cm³/mol. The third-order valence-corrected chi connectivity index (χ3v) is 5.32. The van der Waals surface area contributed by atoms with Crippen molar-refractivity contribution in [2.24, 2.45) is 5.73 Å². The minimum atomic E-state index is -0.540. The van der Waals surface area contributed by atoms with Gasteiger partial charge in [0.15, 0.2) is 0 Å². The maximum Gasteiger partial charge on any atom is 0.326 e. The van der Waals surface area contributed by atoms with Crippen molar-refractivity contribution in [2.45, 2.75) is 19.4 Å². The molecule has 0 aliphatic rings. The second-order valence-corrected chi connectivity index (χ2v) is 8.56. The van der Waals surface area contributed by atoms with Crippen molar-refractivity contribution < 1.29 is 9.53 Å². The topological polar surface area (TPSA) is 137 Å². The molecular formula is C26H35N7O3. The number of aromatic nitrogens is 2. The molecule has 36 heavy (non-hydrogen) atoms. The van der Waals surface area contributed by atoms with Crippen molar-refractivity contribution in [3.05, 3.63) is 70.6 Å². The highest BCUT2D eigenvalue weighted by Gasteiger charge is 2.11. The fourth-order valence-electron chi connectivity index (χ4n) is 3.45. The summed E-state index contributed by atoms with van der Waals surface area (Å²) in [5.41, 5.74) is 7.85. The molecule has 192 valence electrons. The van der Waals surface area contributed by atoms with E-state index in [9.17, 15) is 9.59 Å². The zero-order valence-corrected chi connectivity index (χ0v) is 20.8. The van der Waals surface area contributed by atoms with Crippen LogP contribution >= 0.6 is 0 Å². The first-order valence-electron chi connectivity index (χ1n) is 12.0. The van der Waals surface area contributed by atoms with Gasteiger partial charge in [-0.05, 0) is 63.3 Å². The summed E-state index contributed by atoms with van der Waals surface area (Å²) in [5.74, 6) is 0.618. The SMILES string of the molecule is CN(C)CCCOc1ccccc1NC(=O)Nc1nc(=O)c(-c2ccc(CNCCCN)cc2)c[nH]1. The largest absolute Gasteiger partial charge is 0.491 e. The van der Waals surface area contributed by atoms with E-state index in [1.54, 1.807) is 24.4 Å². The Labute approximate surface area is 211 Å². The Morgan fingerprint density at radius 2 is 1.86 bits per heavy atom. The first kappa shape index (κ1) is 26.9. The van der Waals surface area contributed by atoms with Gasteiger partial charge in [-0.25, -0.2) is 4.79 Å². The number of H-pyrrole nitrogens is 1. The van der Waals surface area contributed by atoms with Crippen LogP contribution in [0, 0.1) is 0 Å². The van der Waals surface area contributed by atoms with E-state index in [0.29, 0.717) is 30.2 Å². The van der Waals surface area contributed by atoms with E-state index < -0.39 is 11.6 Å². The second-order valence-electron chi connectivity index (χ2n) is 8.56. The van der Waals surface area contributed by atoms with Crippen LogP contribution in [0.3, 0.4) is 0 Å². The number of urea groups is 1. The molecule has 1 aromatic heterocycles. The van der Waals surface area contributed by atoms with Gasteiger partial charge in [0.05, 0.1) is 17.9 Å². The number of ether oxygens (including phenoxy) is 1. The molecule has 0 radical (unpaired) electrons. The Kier molecular flexibility index (Phi) is 10.4. The van der Waals surface area contributed by atoms with Gasteiger partial charge >= 0.3 is 6.03 Å². The van der Waals surface area contributed by atoms with Crippen LogP contribution in [-0.2, 0) is 6.54 Å². The van der Waals surface area contributed by atoms with Gasteiger partial charge in [-0.15, -0.1) is 0 Å². The number of carbonyl (C=O) groups excluding carboxylic acids is 1. The van der Waals surface area contributed by atoms with E-state index in [-0.39, 0.29) is 5.95 Å². The Morgan fingerprint density at radius 1 is 1.08 bits per heavy atom. The van der Waals surface area contributed by atoms with Crippen molar-refractivity contribution in [3.63, 3.8) is 0 Å². The Bertz CT molecular complexity index is 1160. The van der Waals surface area contributed by atoms with Crippen LogP contribution in [0.15, 0.2) is 59.5 Å². The smallest absolute Gasteiger partial charge is 0.326 e. The summed E-state index contributed by atoms with van der Waals surface area (Å²) in [6, 6.07) is 14.3. The van der Waals surface area contributed by atoms with Gasteiger partial charge in [-0.1, -0.05) is 36.4 Å². The number of anilines is 2. The van der Waals surface area contributed by atoms with Gasteiger partial charge in [0.1, 0.15) is 5.75 Å². The van der Waals surface area contributed by atoms with Crippen LogP contribution in [0.25, 0.3) is 11.1 Å². The first-order valence-corrected chi connectivity index (χ1v) is 12.0. The highest BCUT2D eigenvalue weighted by Crippen LogP contribution is 2.24. The summed E-state index contributed by atoms with van der Waals surface area (Å²) in [4.78, 5) is 34.1. The molecule has 0 spiro atoms. The average Bonchev–Trinajstić information content (AvgIpc) is 2.86. The minimum Gasteiger partial charge on any atom is -0.491 e. The molecule has 10 heteroatoms. The molecule has 3 rings (SSSR count). The number of carbonyl (C=O) groups is 1. The van der Waals surface area contributed by atoms with Gasteiger partial charge < -0.3 is 31.0 Å². The molecule has 0 saturated carbocycles. The predicted octanol–water partition coefficient (Wildman–Crippen LogP) is 2.85. The summed E-state index contributed by atoms with van der Waals surface area (Å²) in [7, 11) is 4.01. The van der Waals surface area contributed by atoms with Gasteiger partial charge in [-0.2, -0.15) is 4.98 Å². The number of hydrogen-bond acceptors (Lipinski definition) is 7. The van der Waals surface area contributed by atoms with Crippen molar-refractivity contribution >= 4 is 17.7 Å². The summed E-state index contributed by atoms with van der Waals surface area (Å²) in [6.07, 6.45) is 3.33. The van der Waals surface area contributed by atoms with Gasteiger partial charge in [0.2, 0.25) is 5.95 Å². The Balaban J connectivity index is 1.57. The number of para-hydroxylation sites is 2. The third-order valence-electron chi connectivity index (χ3n) is 5.32. The van der Waals surface area contributed by atoms with Crippen LogP contribution in [0.2, 0.25) is 0 Å². The van der Waals surface area contributed by atoms with Gasteiger partial charge in [0.25, 0.3) is 5.56 Å². The molecule has 2 aromatic carbocycles. The number of rotatable bonds is 13. The molecule has 0 saturated heterocycles. The number of nitrogens with one attached hydrogen (secondary N) is 4. The van der Waals surface area contributed by atoms with E-state index >= 15 is 0 Å². The van der Waals surface area contributed by atoms with Gasteiger partial charge in [-0.3, -0.25) is 10.1 Å². The molecule has 0 unspecified atom stereocenters. The molecular weight excluding hydrogens is 458 g/mol. The van der Waals surface area contributed by atoms with Crippen LogP contribution in [0.5, 0.6) is 5.75 Å². The number of amides is 2. The van der Waals surface area contributed by atoms with E-state index in [1.165, 1.54) is 0 Å². The molecule has 10 nitrogen and oxygen atoms in total. The molecule has 0 aliphatic heterocycles. The minimum absolute atomic E-state index is 0.0476.